The lowest BCUT2D eigenvalue weighted by Crippen LogP contribution is -2.42. The van der Waals surface area contributed by atoms with Crippen molar-refractivity contribution in [3.05, 3.63) is 35.6 Å². The van der Waals surface area contributed by atoms with E-state index in [1.165, 1.54) is 12.5 Å². The molecule has 6 heteroatoms. The van der Waals surface area contributed by atoms with Crippen molar-refractivity contribution in [3.8, 4) is 0 Å². The molecule has 4 nitrogen and oxygen atoms in total. The third-order valence-electron chi connectivity index (χ3n) is 4.16. The minimum atomic E-state index is -0.936. The highest BCUT2D eigenvalue weighted by atomic mass is 32.2. The molecular formula is C18H28FN3OS. The normalized spacial score (nSPS) is 22.4. The van der Waals surface area contributed by atoms with Gasteiger partial charge in [0.15, 0.2) is 5.96 Å². The van der Waals surface area contributed by atoms with Crippen LogP contribution >= 0.6 is 11.8 Å². The number of hydrogen-bond acceptors (Lipinski definition) is 3. The Kier molecular flexibility index (Phi) is 7.85. The predicted molar refractivity (Wildman–Crippen MR) is 100 cm³/mol. The van der Waals surface area contributed by atoms with E-state index in [1.54, 1.807) is 18.2 Å². The van der Waals surface area contributed by atoms with Crippen LogP contribution in [0.1, 0.15) is 44.8 Å². The Morgan fingerprint density at radius 1 is 1.38 bits per heavy atom. The van der Waals surface area contributed by atoms with Crippen molar-refractivity contribution < 1.29 is 9.50 Å². The molecule has 0 heterocycles. The summed E-state index contributed by atoms with van der Waals surface area (Å²) in [6.07, 6.45) is 2.57. The van der Waals surface area contributed by atoms with E-state index >= 15 is 0 Å². The topological polar surface area (TPSA) is 56.7 Å². The number of aliphatic hydroxyl groups is 1. The number of aliphatic imine (C=N–C) groups is 1. The molecule has 3 unspecified atom stereocenters. The minimum Gasteiger partial charge on any atom is -0.386 e. The van der Waals surface area contributed by atoms with Crippen molar-refractivity contribution in [2.24, 2.45) is 4.99 Å². The van der Waals surface area contributed by atoms with E-state index in [-0.39, 0.29) is 12.1 Å². The van der Waals surface area contributed by atoms with Crippen LogP contribution in [0.4, 0.5) is 4.39 Å². The fourth-order valence-corrected chi connectivity index (χ4v) is 4.14. The molecule has 0 bridgehead atoms. The van der Waals surface area contributed by atoms with Crippen molar-refractivity contribution in [2.45, 2.75) is 50.5 Å². The lowest BCUT2D eigenvalue weighted by Gasteiger charge is -2.18. The molecule has 24 heavy (non-hydrogen) atoms. The monoisotopic (exact) mass is 353 g/mol. The molecule has 3 atom stereocenters. The maximum atomic E-state index is 13.7. The molecule has 0 amide bonds. The molecule has 0 radical (unpaired) electrons. The van der Waals surface area contributed by atoms with Crippen LogP contribution in [0.25, 0.3) is 0 Å². The third kappa shape index (κ3) is 5.67. The number of nitrogens with one attached hydrogen (secondary N) is 2. The van der Waals surface area contributed by atoms with Gasteiger partial charge in [0.05, 0.1) is 6.54 Å². The van der Waals surface area contributed by atoms with Gasteiger partial charge in [0.25, 0.3) is 0 Å². The molecule has 3 N–H and O–H groups in total. The van der Waals surface area contributed by atoms with Crippen LogP contribution < -0.4 is 10.6 Å². The Bertz CT molecular complexity index is 541. The van der Waals surface area contributed by atoms with Gasteiger partial charge in [-0.1, -0.05) is 25.1 Å². The number of thioether (sulfide) groups is 1. The van der Waals surface area contributed by atoms with Crippen molar-refractivity contribution in [2.75, 3.05) is 18.8 Å². The summed E-state index contributed by atoms with van der Waals surface area (Å²) in [4.78, 5) is 4.44. The van der Waals surface area contributed by atoms with Gasteiger partial charge < -0.3 is 15.7 Å². The molecule has 1 saturated carbocycles. The van der Waals surface area contributed by atoms with E-state index in [4.69, 9.17) is 0 Å². The lowest BCUT2D eigenvalue weighted by atomic mass is 10.1. The lowest BCUT2D eigenvalue weighted by molar-refractivity contribution is 0.182. The first-order valence-electron chi connectivity index (χ1n) is 8.73. The molecule has 1 aliphatic rings. The SMILES string of the molecule is CCNC(=NCC(O)c1ccccc1F)NC1CCC(SCC)C1. The van der Waals surface area contributed by atoms with E-state index in [2.05, 4.69) is 22.5 Å². The summed E-state index contributed by atoms with van der Waals surface area (Å²) in [7, 11) is 0. The second-order valence-electron chi connectivity index (χ2n) is 5.99. The first-order valence-corrected chi connectivity index (χ1v) is 9.77. The molecule has 1 fully saturated rings. The first-order chi connectivity index (χ1) is 11.6. The van der Waals surface area contributed by atoms with Gasteiger partial charge in [0.2, 0.25) is 0 Å². The van der Waals surface area contributed by atoms with E-state index in [9.17, 15) is 9.50 Å². The molecular weight excluding hydrogens is 325 g/mol. The summed E-state index contributed by atoms with van der Waals surface area (Å²) < 4.78 is 13.7. The molecule has 0 spiro atoms. The van der Waals surface area contributed by atoms with Crippen LogP contribution in [0.5, 0.6) is 0 Å². The highest BCUT2D eigenvalue weighted by Crippen LogP contribution is 2.29. The predicted octanol–water partition coefficient (Wildman–Crippen LogP) is 3.09. The zero-order chi connectivity index (χ0) is 17.4. The second-order valence-corrected chi connectivity index (χ2v) is 7.57. The number of nitrogens with zero attached hydrogens (tertiary/aromatic N) is 1. The fraction of sp³-hybridized carbons (Fsp3) is 0.611. The van der Waals surface area contributed by atoms with Crippen molar-refractivity contribution in [1.82, 2.24) is 10.6 Å². The van der Waals surface area contributed by atoms with Gasteiger partial charge in [-0.15, -0.1) is 0 Å². The van der Waals surface area contributed by atoms with Crippen LogP contribution in [0.2, 0.25) is 0 Å². The van der Waals surface area contributed by atoms with Gasteiger partial charge in [-0.2, -0.15) is 11.8 Å². The summed E-state index contributed by atoms with van der Waals surface area (Å²) in [6.45, 7) is 5.09. The highest BCUT2D eigenvalue weighted by molar-refractivity contribution is 7.99. The Hall–Kier alpha value is -1.27. The van der Waals surface area contributed by atoms with E-state index < -0.39 is 11.9 Å². The second kappa shape index (κ2) is 9.89. The zero-order valence-corrected chi connectivity index (χ0v) is 15.3. The van der Waals surface area contributed by atoms with E-state index in [1.807, 2.05) is 18.7 Å². The first kappa shape index (κ1) is 19.1. The van der Waals surface area contributed by atoms with E-state index in [0.29, 0.717) is 12.0 Å². The van der Waals surface area contributed by atoms with Gasteiger partial charge in [0, 0.05) is 23.4 Å². The number of hydrogen-bond donors (Lipinski definition) is 3. The van der Waals surface area contributed by atoms with Crippen molar-refractivity contribution in [3.63, 3.8) is 0 Å². The Balaban J connectivity index is 1.92. The maximum absolute atomic E-state index is 13.7. The highest BCUT2D eigenvalue weighted by Gasteiger charge is 2.25. The number of halogens is 1. The van der Waals surface area contributed by atoms with Crippen molar-refractivity contribution >= 4 is 17.7 Å². The molecule has 134 valence electrons. The average molecular weight is 354 g/mol. The molecule has 1 aromatic rings. The van der Waals surface area contributed by atoms with Crippen molar-refractivity contribution in [1.29, 1.82) is 0 Å². The number of aliphatic hydroxyl groups excluding tert-OH is 1. The van der Waals surface area contributed by atoms with Gasteiger partial charge in [0.1, 0.15) is 11.9 Å². The number of rotatable bonds is 7. The summed E-state index contributed by atoms with van der Waals surface area (Å²) >= 11 is 2.02. The maximum Gasteiger partial charge on any atom is 0.191 e. The largest absolute Gasteiger partial charge is 0.386 e. The summed E-state index contributed by atoms with van der Waals surface area (Å²) in [6, 6.07) is 6.71. The van der Waals surface area contributed by atoms with Gasteiger partial charge in [-0.25, -0.2) is 4.39 Å². The van der Waals surface area contributed by atoms with Crippen LogP contribution in [0.3, 0.4) is 0 Å². The van der Waals surface area contributed by atoms with Crippen LogP contribution in [0.15, 0.2) is 29.3 Å². The molecule has 1 aromatic carbocycles. The smallest absolute Gasteiger partial charge is 0.191 e. The summed E-state index contributed by atoms with van der Waals surface area (Å²) in [5, 5.41) is 17.6. The summed E-state index contributed by atoms with van der Waals surface area (Å²) in [5.74, 6) is 1.45. The van der Waals surface area contributed by atoms with E-state index in [0.717, 1.165) is 30.4 Å². The number of benzene rings is 1. The van der Waals surface area contributed by atoms with Crippen LogP contribution in [0, 0.1) is 5.82 Å². The molecule has 1 aliphatic carbocycles. The molecule has 0 aliphatic heterocycles. The standard InChI is InChI=1S/C18H28FN3OS/c1-3-20-18(22-13-9-10-14(11-13)24-4-2)21-12-17(23)15-7-5-6-8-16(15)19/h5-8,13-14,17,23H,3-4,9-12H2,1-2H3,(H2,20,21,22). The minimum absolute atomic E-state index is 0.135. The summed E-state index contributed by atoms with van der Waals surface area (Å²) in [5.41, 5.74) is 0.289. The fourth-order valence-electron chi connectivity index (χ4n) is 2.99. The Morgan fingerprint density at radius 3 is 2.88 bits per heavy atom. The molecule has 0 saturated heterocycles. The average Bonchev–Trinajstić information content (AvgIpc) is 3.00. The van der Waals surface area contributed by atoms with Crippen LogP contribution in [-0.2, 0) is 0 Å². The number of guanidine groups is 1. The van der Waals surface area contributed by atoms with Gasteiger partial charge >= 0.3 is 0 Å². The van der Waals surface area contributed by atoms with Gasteiger partial charge in [-0.05, 0) is 38.0 Å². The Morgan fingerprint density at radius 2 is 2.17 bits per heavy atom. The van der Waals surface area contributed by atoms with Gasteiger partial charge in [-0.3, -0.25) is 4.99 Å². The third-order valence-corrected chi connectivity index (χ3v) is 5.39. The molecule has 0 aromatic heterocycles. The molecule has 2 rings (SSSR count). The quantitative estimate of drug-likeness (QED) is 0.521. The van der Waals surface area contributed by atoms with Crippen LogP contribution in [-0.4, -0.2) is 41.2 Å². The zero-order valence-electron chi connectivity index (χ0n) is 14.5. The Labute approximate surface area is 148 Å².